The van der Waals surface area contributed by atoms with Gasteiger partial charge >= 0.3 is 33.7 Å². The van der Waals surface area contributed by atoms with Gasteiger partial charge in [0.05, 0.1) is 13.2 Å². The van der Waals surface area contributed by atoms with Crippen molar-refractivity contribution in [2.75, 3.05) is 26.4 Å². The molecule has 0 amide bonds. The zero-order chi connectivity index (χ0) is 18.7. The van der Waals surface area contributed by atoms with E-state index in [-0.39, 0.29) is 52.9 Å². The largest absolute Gasteiger partial charge is 4.00 e. The molecular formula is C15H24O8Ti. The van der Waals surface area contributed by atoms with Gasteiger partial charge in [-0.3, -0.25) is 0 Å². The van der Waals surface area contributed by atoms with Crippen LogP contribution in [-0.4, -0.2) is 38.4 Å². The first-order chi connectivity index (χ1) is 10.7. The average molecular weight is 380 g/mol. The van der Waals surface area contributed by atoms with E-state index in [0.717, 1.165) is 12.2 Å². The molecule has 0 N–H and O–H groups in total. The van der Waals surface area contributed by atoms with Gasteiger partial charge in [-0.25, -0.2) is 9.59 Å². The Hall–Kier alpha value is -1.35. The zero-order valence-corrected chi connectivity index (χ0v) is 16.0. The first-order valence-corrected chi connectivity index (χ1v) is 6.95. The second-order valence-corrected chi connectivity index (χ2v) is 3.78. The fraction of sp³-hybridized carbons (Fsp3) is 0.600. The maximum atomic E-state index is 10.4. The maximum Gasteiger partial charge on any atom is 4.00 e. The second-order valence-electron chi connectivity index (χ2n) is 3.78. The third kappa shape index (κ3) is 37.2. The van der Waals surface area contributed by atoms with Crippen molar-refractivity contribution in [3.05, 3.63) is 23.7 Å². The molecule has 0 aliphatic heterocycles. The minimum absolute atomic E-state index is 0. The number of carbonyl (C=O) groups excluding carboxylic acids is 2. The van der Waals surface area contributed by atoms with E-state index in [0.29, 0.717) is 13.2 Å². The number of esters is 2. The quantitative estimate of drug-likeness (QED) is 0.217. The predicted octanol–water partition coefficient (Wildman–Crippen LogP) is -2.28. The van der Waals surface area contributed by atoms with Crippen molar-refractivity contribution in [1.29, 1.82) is 0 Å². The van der Waals surface area contributed by atoms with E-state index >= 15 is 0 Å². The van der Waals surface area contributed by atoms with Gasteiger partial charge in [0.25, 0.3) is 0 Å². The molecule has 0 fully saturated rings. The molecule has 0 aromatic rings. The Kier molecular flexibility index (Phi) is 30.4. The van der Waals surface area contributed by atoms with E-state index in [1.165, 1.54) is 13.8 Å². The SMILES string of the molecule is CCOC(=O)/C=C(/C)[O-].CCOC(=O)/C=C(\C)[O-].[O-]CCC[O-].[Ti+4]. The Morgan fingerprint density at radius 3 is 1.25 bits per heavy atom. The van der Waals surface area contributed by atoms with Gasteiger partial charge in [0.1, 0.15) is 0 Å². The molecule has 9 heteroatoms. The molecule has 0 bridgehead atoms. The van der Waals surface area contributed by atoms with E-state index in [2.05, 4.69) is 9.47 Å². The van der Waals surface area contributed by atoms with Crippen molar-refractivity contribution in [3.63, 3.8) is 0 Å². The van der Waals surface area contributed by atoms with E-state index in [4.69, 9.17) is 0 Å². The molecule has 136 valence electrons. The number of rotatable bonds is 6. The molecule has 0 saturated heterocycles. The monoisotopic (exact) mass is 380 g/mol. The van der Waals surface area contributed by atoms with Crippen molar-refractivity contribution in [2.45, 2.75) is 34.1 Å². The number of carbonyl (C=O) groups is 2. The molecule has 0 aliphatic carbocycles. The number of ether oxygens (including phenoxy) is 2. The van der Waals surface area contributed by atoms with Crippen molar-refractivity contribution in [1.82, 2.24) is 0 Å². The van der Waals surface area contributed by atoms with Crippen molar-refractivity contribution in [3.8, 4) is 0 Å². The van der Waals surface area contributed by atoms with Gasteiger partial charge in [0.2, 0.25) is 0 Å². The Labute approximate surface area is 157 Å². The molecule has 0 atom stereocenters. The van der Waals surface area contributed by atoms with Crippen LogP contribution < -0.4 is 20.4 Å². The van der Waals surface area contributed by atoms with E-state index in [9.17, 15) is 30.0 Å². The molecule has 0 spiro atoms. The van der Waals surface area contributed by atoms with Gasteiger partial charge in [-0.15, -0.1) is 24.7 Å². The summed E-state index contributed by atoms with van der Waals surface area (Å²) >= 11 is 0. The zero-order valence-electron chi connectivity index (χ0n) is 14.5. The molecule has 0 radical (unpaired) electrons. The van der Waals surface area contributed by atoms with Gasteiger partial charge in [-0.1, -0.05) is 20.3 Å². The Morgan fingerprint density at radius 1 is 0.833 bits per heavy atom. The standard InChI is InChI=1S/2C6H10O3.C3H6O2.Ti/c2*1-3-9-6(8)4-5(2)7;4-2-1-3-5;/h2*4,7H,3H2,1-2H3;1-3H2;/q;;-2;+4/p-2/b5-4+;5-4-;;. The third-order valence-electron chi connectivity index (χ3n) is 1.50. The van der Waals surface area contributed by atoms with Crippen LogP contribution in [0.4, 0.5) is 0 Å². The van der Waals surface area contributed by atoms with Crippen LogP contribution in [0.15, 0.2) is 23.7 Å². The molecule has 0 aliphatic rings. The van der Waals surface area contributed by atoms with Crippen LogP contribution in [0.1, 0.15) is 34.1 Å². The summed E-state index contributed by atoms with van der Waals surface area (Å²) in [5, 5.41) is 39.0. The summed E-state index contributed by atoms with van der Waals surface area (Å²) < 4.78 is 8.87. The Morgan fingerprint density at radius 2 is 1.12 bits per heavy atom. The maximum absolute atomic E-state index is 10.4. The van der Waals surface area contributed by atoms with Gasteiger partial charge in [0.15, 0.2) is 0 Å². The first-order valence-electron chi connectivity index (χ1n) is 6.95. The molecule has 0 aromatic carbocycles. The predicted molar refractivity (Wildman–Crippen MR) is 75.1 cm³/mol. The molecule has 0 unspecified atom stereocenters. The van der Waals surface area contributed by atoms with Crippen LogP contribution >= 0.6 is 0 Å². The molecule has 0 saturated carbocycles. The van der Waals surface area contributed by atoms with Crippen LogP contribution in [0.3, 0.4) is 0 Å². The topological polar surface area (TPSA) is 145 Å². The van der Waals surface area contributed by atoms with Gasteiger partial charge in [-0.05, 0) is 13.8 Å². The summed E-state index contributed by atoms with van der Waals surface area (Å²) in [6.07, 6.45) is 2.12. The summed E-state index contributed by atoms with van der Waals surface area (Å²) in [6.45, 7) is 6.16. The number of hydrogen-bond donors (Lipinski definition) is 0. The van der Waals surface area contributed by atoms with E-state index < -0.39 is 11.9 Å². The van der Waals surface area contributed by atoms with Crippen LogP contribution in [0.2, 0.25) is 0 Å². The van der Waals surface area contributed by atoms with Crippen LogP contribution in [0.5, 0.6) is 0 Å². The van der Waals surface area contributed by atoms with Gasteiger partial charge < -0.3 is 29.9 Å². The van der Waals surface area contributed by atoms with Crippen LogP contribution in [0.25, 0.3) is 0 Å². The van der Waals surface area contributed by atoms with Gasteiger partial charge in [-0.2, -0.15) is 0 Å². The molecular weight excluding hydrogens is 356 g/mol. The van der Waals surface area contributed by atoms with E-state index in [1.54, 1.807) is 13.8 Å². The summed E-state index contributed by atoms with van der Waals surface area (Å²) in [5.41, 5.74) is 0. The summed E-state index contributed by atoms with van der Waals surface area (Å²) in [6, 6.07) is 0. The molecule has 0 rings (SSSR count). The van der Waals surface area contributed by atoms with Gasteiger partial charge in [0, 0.05) is 12.2 Å². The third-order valence-corrected chi connectivity index (χ3v) is 1.50. The molecule has 8 nitrogen and oxygen atoms in total. The van der Waals surface area contributed by atoms with Crippen molar-refractivity contribution >= 4 is 11.9 Å². The summed E-state index contributed by atoms with van der Waals surface area (Å²) in [7, 11) is 0. The summed E-state index contributed by atoms with van der Waals surface area (Å²) in [5.74, 6) is -1.70. The fourth-order valence-corrected chi connectivity index (χ4v) is 0.759. The Bertz CT molecular complexity index is 324. The second kappa shape index (κ2) is 23.9. The van der Waals surface area contributed by atoms with Crippen molar-refractivity contribution < 1.29 is 61.2 Å². The summed E-state index contributed by atoms with van der Waals surface area (Å²) in [4.78, 5) is 20.7. The first kappa shape index (κ1) is 30.5. The van der Waals surface area contributed by atoms with Crippen molar-refractivity contribution in [2.24, 2.45) is 0 Å². The fourth-order valence-electron chi connectivity index (χ4n) is 0.759. The Balaban J connectivity index is -0.000000128. The minimum atomic E-state index is -0.565. The number of hydrogen-bond acceptors (Lipinski definition) is 8. The minimum Gasteiger partial charge on any atom is -0.875 e. The molecule has 0 heterocycles. The molecule has 24 heavy (non-hydrogen) atoms. The normalized spacial score (nSPS) is 10.1. The smallest absolute Gasteiger partial charge is 0.875 e. The van der Waals surface area contributed by atoms with Crippen LogP contribution in [0, 0.1) is 0 Å². The number of allylic oxidation sites excluding steroid dienone is 2. The van der Waals surface area contributed by atoms with Crippen LogP contribution in [-0.2, 0) is 40.8 Å². The molecule has 0 aromatic heterocycles. The van der Waals surface area contributed by atoms with E-state index in [1.807, 2.05) is 0 Å². The average Bonchev–Trinajstić information content (AvgIpc) is 2.39.